The third-order valence-corrected chi connectivity index (χ3v) is 3.93. The van der Waals surface area contributed by atoms with Crippen molar-refractivity contribution < 1.29 is 9.84 Å². The molecule has 1 aliphatic rings. The SMILES string of the molecule is Cc1ccc([C@]2(Cn3cncn3)C[C@H](CO)CO2)cc1. The summed E-state index contributed by atoms with van der Waals surface area (Å²) in [5.74, 6) is 0.180. The van der Waals surface area contributed by atoms with E-state index in [2.05, 4.69) is 41.3 Å². The van der Waals surface area contributed by atoms with E-state index in [-0.39, 0.29) is 12.5 Å². The number of aliphatic hydroxyl groups is 1. The van der Waals surface area contributed by atoms with Gasteiger partial charge in [-0.05, 0) is 18.9 Å². The number of benzene rings is 1. The lowest BCUT2D eigenvalue weighted by atomic mass is 9.87. The maximum atomic E-state index is 9.40. The zero-order valence-corrected chi connectivity index (χ0v) is 11.6. The molecule has 0 spiro atoms. The summed E-state index contributed by atoms with van der Waals surface area (Å²) in [7, 11) is 0. The fourth-order valence-electron chi connectivity index (χ4n) is 2.81. The molecule has 0 aliphatic carbocycles. The van der Waals surface area contributed by atoms with Gasteiger partial charge in [0.25, 0.3) is 0 Å². The van der Waals surface area contributed by atoms with Gasteiger partial charge in [-0.2, -0.15) is 5.10 Å². The number of rotatable bonds is 4. The molecular formula is C15H19N3O2. The molecule has 20 heavy (non-hydrogen) atoms. The van der Waals surface area contributed by atoms with E-state index in [1.807, 2.05) is 0 Å². The highest BCUT2D eigenvalue weighted by Gasteiger charge is 2.42. The van der Waals surface area contributed by atoms with Gasteiger partial charge in [-0.1, -0.05) is 29.8 Å². The third-order valence-electron chi connectivity index (χ3n) is 3.93. The second-order valence-electron chi connectivity index (χ2n) is 5.52. The molecule has 106 valence electrons. The Hall–Kier alpha value is -1.72. The lowest BCUT2D eigenvalue weighted by Crippen LogP contribution is -2.31. The van der Waals surface area contributed by atoms with Gasteiger partial charge in [-0.3, -0.25) is 0 Å². The van der Waals surface area contributed by atoms with Crippen LogP contribution in [0.2, 0.25) is 0 Å². The van der Waals surface area contributed by atoms with Gasteiger partial charge in [0.1, 0.15) is 18.3 Å². The minimum Gasteiger partial charge on any atom is -0.396 e. The number of nitrogens with zero attached hydrogens (tertiary/aromatic N) is 3. The minimum absolute atomic E-state index is 0.158. The molecule has 1 aromatic carbocycles. The lowest BCUT2D eigenvalue weighted by Gasteiger charge is -2.29. The van der Waals surface area contributed by atoms with Crippen LogP contribution in [0.1, 0.15) is 17.5 Å². The Kier molecular flexibility index (Phi) is 3.54. The smallest absolute Gasteiger partial charge is 0.137 e. The molecule has 5 heteroatoms. The van der Waals surface area contributed by atoms with Crippen LogP contribution in [-0.2, 0) is 16.9 Å². The highest BCUT2D eigenvalue weighted by Crippen LogP contribution is 2.40. The molecule has 3 rings (SSSR count). The monoisotopic (exact) mass is 273 g/mol. The highest BCUT2D eigenvalue weighted by molar-refractivity contribution is 5.27. The molecular weight excluding hydrogens is 254 g/mol. The molecule has 1 saturated heterocycles. The van der Waals surface area contributed by atoms with Crippen LogP contribution < -0.4 is 0 Å². The zero-order valence-electron chi connectivity index (χ0n) is 11.6. The van der Waals surface area contributed by atoms with E-state index in [0.717, 1.165) is 12.0 Å². The van der Waals surface area contributed by atoms with Gasteiger partial charge in [0.2, 0.25) is 0 Å². The van der Waals surface area contributed by atoms with Crippen molar-refractivity contribution >= 4 is 0 Å². The van der Waals surface area contributed by atoms with Crippen molar-refractivity contribution in [2.24, 2.45) is 5.92 Å². The van der Waals surface area contributed by atoms with Crippen molar-refractivity contribution in [2.45, 2.75) is 25.5 Å². The third kappa shape index (κ3) is 2.46. The summed E-state index contributed by atoms with van der Waals surface area (Å²) in [6.07, 6.45) is 4.03. The minimum atomic E-state index is -0.422. The first-order valence-electron chi connectivity index (χ1n) is 6.86. The molecule has 0 radical (unpaired) electrons. The van der Waals surface area contributed by atoms with Gasteiger partial charge in [0.05, 0.1) is 13.2 Å². The first-order chi connectivity index (χ1) is 9.72. The summed E-state index contributed by atoms with van der Waals surface area (Å²) in [6.45, 7) is 3.43. The van der Waals surface area contributed by atoms with E-state index < -0.39 is 5.60 Å². The van der Waals surface area contributed by atoms with Crippen molar-refractivity contribution in [1.29, 1.82) is 0 Å². The van der Waals surface area contributed by atoms with E-state index in [1.165, 1.54) is 11.9 Å². The van der Waals surface area contributed by atoms with Crippen molar-refractivity contribution in [3.8, 4) is 0 Å². The number of aryl methyl sites for hydroxylation is 1. The number of aliphatic hydroxyl groups excluding tert-OH is 1. The first kappa shape index (κ1) is 13.3. The molecule has 1 aliphatic heterocycles. The molecule has 2 heterocycles. The van der Waals surface area contributed by atoms with Crippen molar-refractivity contribution in [3.63, 3.8) is 0 Å². The molecule has 0 amide bonds. The molecule has 0 unspecified atom stereocenters. The first-order valence-corrected chi connectivity index (χ1v) is 6.86. The normalized spacial score (nSPS) is 26.0. The largest absolute Gasteiger partial charge is 0.396 e. The predicted molar refractivity (Wildman–Crippen MR) is 74.0 cm³/mol. The molecule has 2 atom stereocenters. The molecule has 1 aromatic heterocycles. The lowest BCUT2D eigenvalue weighted by molar-refractivity contribution is -0.0181. The Bertz CT molecular complexity index is 553. The van der Waals surface area contributed by atoms with E-state index in [9.17, 15) is 5.11 Å². The van der Waals surface area contributed by atoms with Gasteiger partial charge in [-0.15, -0.1) is 0 Å². The number of aromatic nitrogens is 3. The van der Waals surface area contributed by atoms with Crippen LogP contribution in [0.25, 0.3) is 0 Å². The summed E-state index contributed by atoms with van der Waals surface area (Å²) in [5, 5.41) is 13.6. The van der Waals surface area contributed by atoms with Crippen LogP contribution in [0.4, 0.5) is 0 Å². The Morgan fingerprint density at radius 3 is 2.80 bits per heavy atom. The van der Waals surface area contributed by atoms with E-state index in [0.29, 0.717) is 13.2 Å². The van der Waals surface area contributed by atoms with Crippen LogP contribution in [0, 0.1) is 12.8 Å². The average Bonchev–Trinajstić information content (AvgIpc) is 3.10. The van der Waals surface area contributed by atoms with Crippen LogP contribution in [-0.4, -0.2) is 33.1 Å². The summed E-state index contributed by atoms with van der Waals surface area (Å²) in [5.41, 5.74) is 1.94. The van der Waals surface area contributed by atoms with Crippen molar-refractivity contribution in [3.05, 3.63) is 48.0 Å². The van der Waals surface area contributed by atoms with E-state index in [1.54, 1.807) is 11.0 Å². The van der Waals surface area contributed by atoms with Gasteiger partial charge < -0.3 is 9.84 Å². The van der Waals surface area contributed by atoms with Crippen LogP contribution in [0.5, 0.6) is 0 Å². The second-order valence-corrected chi connectivity index (χ2v) is 5.52. The van der Waals surface area contributed by atoms with Crippen LogP contribution >= 0.6 is 0 Å². The van der Waals surface area contributed by atoms with Gasteiger partial charge in [0, 0.05) is 12.5 Å². The fourth-order valence-corrected chi connectivity index (χ4v) is 2.81. The van der Waals surface area contributed by atoms with E-state index >= 15 is 0 Å². The summed E-state index contributed by atoms with van der Waals surface area (Å²) in [4.78, 5) is 3.99. The molecule has 0 saturated carbocycles. The van der Waals surface area contributed by atoms with E-state index in [4.69, 9.17) is 4.74 Å². The van der Waals surface area contributed by atoms with Crippen molar-refractivity contribution in [2.75, 3.05) is 13.2 Å². The van der Waals surface area contributed by atoms with Gasteiger partial charge >= 0.3 is 0 Å². The molecule has 1 N–H and O–H groups in total. The van der Waals surface area contributed by atoms with Gasteiger partial charge in [0.15, 0.2) is 0 Å². The maximum Gasteiger partial charge on any atom is 0.137 e. The second kappa shape index (κ2) is 5.34. The maximum absolute atomic E-state index is 9.40. The van der Waals surface area contributed by atoms with Crippen molar-refractivity contribution in [1.82, 2.24) is 14.8 Å². The molecule has 5 nitrogen and oxygen atoms in total. The summed E-state index contributed by atoms with van der Waals surface area (Å²) < 4.78 is 7.89. The Morgan fingerprint density at radius 1 is 1.40 bits per heavy atom. The van der Waals surface area contributed by atoms with Crippen LogP contribution in [0.15, 0.2) is 36.9 Å². The number of ether oxygens (including phenoxy) is 1. The topological polar surface area (TPSA) is 60.2 Å². The Labute approximate surface area is 118 Å². The number of hydrogen-bond donors (Lipinski definition) is 1. The predicted octanol–water partition coefficient (Wildman–Crippen LogP) is 1.51. The average molecular weight is 273 g/mol. The summed E-state index contributed by atoms with van der Waals surface area (Å²) in [6, 6.07) is 8.39. The molecule has 0 bridgehead atoms. The summed E-state index contributed by atoms with van der Waals surface area (Å²) >= 11 is 0. The Morgan fingerprint density at radius 2 is 2.20 bits per heavy atom. The number of hydrogen-bond acceptors (Lipinski definition) is 4. The molecule has 2 aromatic rings. The highest BCUT2D eigenvalue weighted by atomic mass is 16.5. The Balaban J connectivity index is 1.93. The van der Waals surface area contributed by atoms with Gasteiger partial charge in [-0.25, -0.2) is 9.67 Å². The van der Waals surface area contributed by atoms with Crippen LogP contribution in [0.3, 0.4) is 0 Å². The quantitative estimate of drug-likeness (QED) is 0.917. The standard InChI is InChI=1S/C15H19N3O2/c1-12-2-4-14(5-3-12)15(6-13(7-19)8-20-15)9-18-11-16-10-17-18/h2-5,10-11,13,19H,6-9H2,1H3/t13-,15-/m1/s1. The fraction of sp³-hybridized carbons (Fsp3) is 0.467. The zero-order chi connectivity index (χ0) is 14.0. The molecule has 1 fully saturated rings.